The van der Waals surface area contributed by atoms with Gasteiger partial charge < -0.3 is 0 Å². The van der Waals surface area contributed by atoms with Gasteiger partial charge in [0.2, 0.25) is 0 Å². The fraction of sp³-hybridized carbons (Fsp3) is 0.240. The summed E-state index contributed by atoms with van der Waals surface area (Å²) in [5, 5.41) is 26.5. The number of rotatable bonds is 5. The van der Waals surface area contributed by atoms with Crippen LogP contribution in [0.2, 0.25) is 0 Å². The van der Waals surface area contributed by atoms with Crippen molar-refractivity contribution in [3.8, 4) is 11.5 Å². The van der Waals surface area contributed by atoms with Crippen molar-refractivity contribution in [1.82, 2.24) is 10.2 Å². The van der Waals surface area contributed by atoms with Gasteiger partial charge in [0, 0.05) is 0 Å². The molecule has 1 saturated heterocycles. The van der Waals surface area contributed by atoms with Gasteiger partial charge in [-0.25, -0.2) is 0 Å². The summed E-state index contributed by atoms with van der Waals surface area (Å²) >= 11 is 1.55. The van der Waals surface area contributed by atoms with E-state index in [4.69, 9.17) is 8.20 Å². The first-order valence-corrected chi connectivity index (χ1v) is 15.2. The molecule has 0 spiro atoms. The summed E-state index contributed by atoms with van der Waals surface area (Å²) in [6.45, 7) is 2.08. The minimum atomic E-state index is -2.04. The third-order valence-electron chi connectivity index (χ3n) is 5.94. The molecule has 0 aromatic heterocycles. The van der Waals surface area contributed by atoms with Crippen LogP contribution in [0.15, 0.2) is 74.7 Å². The number of anilines is 1. The Morgan fingerprint density at radius 1 is 1.20 bits per heavy atom. The van der Waals surface area contributed by atoms with Crippen molar-refractivity contribution in [1.29, 1.82) is 0 Å². The first kappa shape index (κ1) is 23.9. The molecular weight excluding hydrogens is 625 g/mol. The number of piperidine rings is 1. The summed E-state index contributed by atoms with van der Waals surface area (Å²) in [6.07, 6.45) is 5.81. The van der Waals surface area contributed by atoms with Crippen LogP contribution in [0.25, 0.3) is 0 Å². The summed E-state index contributed by atoms with van der Waals surface area (Å²) in [5.74, 6) is 0.612. The number of carbonyl (C=O) groups excluding carboxylic acids is 1. The van der Waals surface area contributed by atoms with Crippen LogP contribution in [0.4, 0.5) is 10.5 Å². The van der Waals surface area contributed by atoms with E-state index >= 15 is 0 Å². The van der Waals surface area contributed by atoms with E-state index in [1.165, 1.54) is 6.07 Å². The molecule has 1 atom stereocenters. The topological polar surface area (TPSA) is 110 Å². The predicted octanol–water partition coefficient (Wildman–Crippen LogP) is 5.35. The van der Waals surface area contributed by atoms with Crippen molar-refractivity contribution in [2.75, 3.05) is 25.0 Å². The second-order valence-electron chi connectivity index (χ2n) is 8.45. The van der Waals surface area contributed by atoms with E-state index in [1.807, 2.05) is 29.3 Å². The molecule has 10 heteroatoms. The fourth-order valence-corrected chi connectivity index (χ4v) is 9.70. The van der Waals surface area contributed by atoms with Gasteiger partial charge in [0.1, 0.15) is 0 Å². The van der Waals surface area contributed by atoms with E-state index in [9.17, 15) is 15.0 Å². The molecule has 8 nitrogen and oxygen atoms in total. The average molecular weight is 650 g/mol. The normalized spacial score (nSPS) is 20.3. The van der Waals surface area contributed by atoms with E-state index in [-0.39, 0.29) is 17.5 Å². The SMILES string of the molecule is O=C(Nc1cccc(O)c1)N1CCCC(CNC2=CC(c3ccccc3O)=NC3=C(Br)C=NI23)C1. The zero-order valence-corrected chi connectivity index (χ0v) is 22.5. The van der Waals surface area contributed by atoms with Gasteiger partial charge in [0.25, 0.3) is 0 Å². The number of amides is 2. The van der Waals surface area contributed by atoms with Crippen LogP contribution in [-0.2, 0) is 0 Å². The van der Waals surface area contributed by atoms with Gasteiger partial charge in [-0.15, -0.1) is 0 Å². The zero-order valence-electron chi connectivity index (χ0n) is 18.8. The van der Waals surface area contributed by atoms with Crippen molar-refractivity contribution in [3.05, 3.63) is 72.1 Å². The number of carbonyl (C=O) groups is 1. The number of hydrogen-bond acceptors (Lipinski definition) is 6. The maximum absolute atomic E-state index is 12.8. The number of phenols is 2. The second kappa shape index (κ2) is 10.4. The van der Waals surface area contributed by atoms with Crippen LogP contribution in [0.5, 0.6) is 11.5 Å². The third kappa shape index (κ3) is 5.37. The molecule has 0 bridgehead atoms. The standard InChI is InChI=1S/C25H25BrIN5O3/c26-20-14-29-27-23(12-21(31-24(20)27)19-8-1-2-9-22(19)34)28-13-16-5-4-10-32(15-16)25(35)30-17-6-3-7-18(33)11-17/h1-3,6-9,11-12,14,16,28,33-34H,4-5,10,13,15H2,(H,30,35). The molecule has 3 aliphatic heterocycles. The number of fused-ring (bicyclic) bond motifs is 1. The van der Waals surface area contributed by atoms with Crippen molar-refractivity contribution in [2.45, 2.75) is 12.8 Å². The van der Waals surface area contributed by atoms with Gasteiger partial charge in [-0.3, -0.25) is 0 Å². The van der Waals surface area contributed by atoms with Crippen LogP contribution >= 0.6 is 36.0 Å². The zero-order chi connectivity index (χ0) is 24.4. The Bertz CT molecular complexity index is 1280. The molecule has 0 saturated carbocycles. The summed E-state index contributed by atoms with van der Waals surface area (Å²) in [7, 11) is 0. The number of nitrogens with zero attached hydrogens (tertiary/aromatic N) is 3. The van der Waals surface area contributed by atoms with Crippen molar-refractivity contribution in [2.24, 2.45) is 14.1 Å². The molecule has 1 fully saturated rings. The molecule has 0 aliphatic carbocycles. The minimum absolute atomic E-state index is 0.121. The van der Waals surface area contributed by atoms with E-state index in [2.05, 4.69) is 26.6 Å². The molecule has 3 aliphatic rings. The molecule has 182 valence electrons. The number of halogens is 2. The number of nitrogens with one attached hydrogen (secondary N) is 2. The molecule has 4 N–H and O–H groups in total. The Hall–Kier alpha value is -2.86. The number of urea groups is 1. The van der Waals surface area contributed by atoms with Gasteiger partial charge in [-0.2, -0.15) is 0 Å². The monoisotopic (exact) mass is 649 g/mol. The number of phenolic OH excluding ortho intramolecular Hbond substituents is 2. The molecule has 2 amide bonds. The van der Waals surface area contributed by atoms with Crippen molar-refractivity contribution >= 4 is 59.7 Å². The Labute approximate surface area is 219 Å². The Morgan fingerprint density at radius 3 is 2.89 bits per heavy atom. The van der Waals surface area contributed by atoms with Gasteiger partial charge >= 0.3 is 220 Å². The molecule has 2 aromatic rings. The average Bonchev–Trinajstić information content (AvgIpc) is 3.24. The van der Waals surface area contributed by atoms with Crippen LogP contribution in [0.3, 0.4) is 0 Å². The molecule has 1 unspecified atom stereocenters. The summed E-state index contributed by atoms with van der Waals surface area (Å²) in [6, 6.07) is 13.6. The molecule has 3 heterocycles. The Morgan fingerprint density at radius 2 is 2.06 bits per heavy atom. The second-order valence-corrected chi connectivity index (χ2v) is 13.6. The summed E-state index contributed by atoms with van der Waals surface area (Å²) in [4.78, 5) is 19.4. The van der Waals surface area contributed by atoms with Crippen LogP contribution in [0.1, 0.15) is 18.4 Å². The fourth-order valence-electron chi connectivity index (χ4n) is 4.22. The third-order valence-corrected chi connectivity index (χ3v) is 11.7. The first-order valence-electron chi connectivity index (χ1n) is 11.3. The predicted molar refractivity (Wildman–Crippen MR) is 151 cm³/mol. The Balaban J connectivity index is 1.26. The van der Waals surface area contributed by atoms with Crippen LogP contribution in [-0.4, -0.2) is 52.7 Å². The maximum atomic E-state index is 12.8. The van der Waals surface area contributed by atoms with Gasteiger partial charge in [-0.1, -0.05) is 0 Å². The molecule has 35 heavy (non-hydrogen) atoms. The van der Waals surface area contributed by atoms with Crippen LogP contribution < -0.4 is 10.6 Å². The molecule has 0 radical (unpaired) electrons. The van der Waals surface area contributed by atoms with Crippen LogP contribution in [0, 0.1) is 5.92 Å². The number of hydrogen-bond donors (Lipinski definition) is 4. The number of para-hydroxylation sites is 1. The van der Waals surface area contributed by atoms with E-state index < -0.39 is 20.1 Å². The molecular formula is C25H25BrIN5O3. The van der Waals surface area contributed by atoms with Gasteiger partial charge in [0.05, 0.1) is 0 Å². The van der Waals surface area contributed by atoms with E-state index in [0.29, 0.717) is 36.0 Å². The first-order chi connectivity index (χ1) is 17.0. The number of allylic oxidation sites excluding steroid dienone is 2. The Kier molecular flexibility index (Phi) is 7.09. The summed E-state index contributed by atoms with van der Waals surface area (Å²) in [5.41, 5.74) is 1.98. The van der Waals surface area contributed by atoms with E-state index in [0.717, 1.165) is 31.3 Å². The van der Waals surface area contributed by atoms with E-state index in [1.54, 1.807) is 30.3 Å². The number of aliphatic imine (C=N–C) groups is 1. The number of likely N-dealkylation sites (tertiary alicyclic amines) is 1. The van der Waals surface area contributed by atoms with Crippen molar-refractivity contribution < 1.29 is 15.0 Å². The number of benzene rings is 2. The van der Waals surface area contributed by atoms with Crippen molar-refractivity contribution in [3.63, 3.8) is 0 Å². The molecule has 2 aromatic carbocycles. The summed E-state index contributed by atoms with van der Waals surface area (Å²) < 4.78 is 7.69. The quantitative estimate of drug-likeness (QED) is 0.259. The van der Waals surface area contributed by atoms with Gasteiger partial charge in [0.15, 0.2) is 0 Å². The molecule has 5 rings (SSSR count). The number of aromatic hydroxyl groups is 2. The van der Waals surface area contributed by atoms with Gasteiger partial charge in [-0.05, 0) is 0 Å².